The number of hydrogen-bond acceptors (Lipinski definition) is 21. The normalized spacial score (nSPS) is 12.4. The number of nitrogens with zero attached hydrogens (tertiary/aromatic N) is 6. The Morgan fingerprint density at radius 2 is 1.55 bits per heavy atom. The van der Waals surface area contributed by atoms with Crippen LogP contribution in [0.4, 0.5) is 39.0 Å². The van der Waals surface area contributed by atoms with E-state index in [1.165, 1.54) is 42.5 Å². The fraction of sp³-hybridized carbons (Fsp3) is 0.0645. The summed E-state index contributed by atoms with van der Waals surface area (Å²) in [5, 5.41) is 49.8. The first-order chi connectivity index (χ1) is 28.3. The third-order valence-corrected chi connectivity index (χ3v) is 10.7. The van der Waals surface area contributed by atoms with Gasteiger partial charge in [-0.05, 0) is 48.5 Å². The van der Waals surface area contributed by atoms with Gasteiger partial charge in [0.2, 0.25) is 17.7 Å². The fourth-order valence-electron chi connectivity index (χ4n) is 4.61. The minimum atomic E-state index is -5.03. The lowest BCUT2D eigenvalue weighted by Gasteiger charge is -2.12. The van der Waals surface area contributed by atoms with Crippen molar-refractivity contribution in [3.63, 3.8) is 0 Å². The molecule has 0 unspecified atom stereocenters. The number of nitrogens with one attached hydrogen (secondary N) is 3. The largest absolute Gasteiger partial charge is 0.504 e. The molecule has 5 rings (SSSR count). The zero-order valence-corrected chi connectivity index (χ0v) is 32.8. The molecule has 29 heteroatoms. The molecule has 0 saturated heterocycles. The van der Waals surface area contributed by atoms with E-state index in [9.17, 15) is 49.2 Å². The van der Waals surface area contributed by atoms with Crippen molar-refractivity contribution in [1.29, 1.82) is 0 Å². The second-order valence-electron chi connectivity index (χ2n) is 11.3. The van der Waals surface area contributed by atoms with Crippen LogP contribution in [-0.2, 0) is 43.9 Å². The Kier molecular flexibility index (Phi) is 14.3. The molecular formula is C31H26FN9O15S4. The number of aromatic hydroxyl groups is 1. The number of anilines is 5. The fourth-order valence-corrected chi connectivity index (χ4v) is 7.07. The Morgan fingerprint density at radius 1 is 0.833 bits per heavy atom. The number of halogens is 1. The van der Waals surface area contributed by atoms with E-state index in [-0.39, 0.29) is 38.1 Å². The Labute approximate surface area is 341 Å². The predicted molar refractivity (Wildman–Crippen MR) is 205 cm³/mol. The van der Waals surface area contributed by atoms with Crippen LogP contribution in [0.2, 0.25) is 0 Å². The van der Waals surface area contributed by atoms with Crippen molar-refractivity contribution in [3.05, 3.63) is 102 Å². The van der Waals surface area contributed by atoms with Gasteiger partial charge in [-0.15, -0.1) is 14.6 Å². The maximum Gasteiger partial charge on any atom is 0.397 e. The van der Waals surface area contributed by atoms with E-state index in [0.717, 1.165) is 24.3 Å². The zero-order chi connectivity index (χ0) is 43.7. The first kappa shape index (κ1) is 44.8. The molecule has 60 heavy (non-hydrogen) atoms. The van der Waals surface area contributed by atoms with E-state index in [2.05, 4.69) is 59.9 Å². The van der Waals surface area contributed by atoms with E-state index in [4.69, 9.17) is 9.81 Å². The number of azo groups is 1. The SMILES string of the molecule is O=C(O)c1ccc(SOOO)cc1N/N=C(\N=Nc1cc(S(=O)(=O)O)cc(Nc2nc(F)nc(Nc3cccc(S(=O)(=O)CCOS(=O)(=O)O)c3)n2)c1O)c1ccccc1. The maximum absolute atomic E-state index is 14.7. The number of aromatic carboxylic acids is 1. The highest BCUT2D eigenvalue weighted by atomic mass is 32.3. The van der Waals surface area contributed by atoms with Crippen LogP contribution < -0.4 is 16.1 Å². The van der Waals surface area contributed by atoms with E-state index >= 15 is 0 Å². The lowest BCUT2D eigenvalue weighted by Crippen LogP contribution is -2.15. The van der Waals surface area contributed by atoms with Crippen LogP contribution in [0.25, 0.3) is 0 Å². The molecule has 0 radical (unpaired) electrons. The molecule has 0 amide bonds. The number of hydrogen-bond donors (Lipinski definition) is 8. The van der Waals surface area contributed by atoms with Crippen molar-refractivity contribution >= 4 is 88.8 Å². The number of benzene rings is 4. The number of carboxylic acid groups (broad SMARTS) is 1. The molecule has 8 N–H and O–H groups in total. The maximum atomic E-state index is 14.7. The zero-order valence-electron chi connectivity index (χ0n) is 29.5. The Balaban J connectivity index is 1.46. The van der Waals surface area contributed by atoms with Gasteiger partial charge in [-0.25, -0.2) is 22.7 Å². The van der Waals surface area contributed by atoms with Gasteiger partial charge in [-0.1, -0.05) is 41.4 Å². The minimum Gasteiger partial charge on any atom is -0.504 e. The van der Waals surface area contributed by atoms with Gasteiger partial charge in [0.25, 0.3) is 10.1 Å². The number of carboxylic acids is 1. The number of phenolic OH excluding ortho intramolecular Hbond substituents is 1. The Bertz CT molecular complexity index is 2800. The smallest absolute Gasteiger partial charge is 0.397 e. The lowest BCUT2D eigenvalue weighted by molar-refractivity contribution is -0.432. The number of amidine groups is 1. The van der Waals surface area contributed by atoms with Crippen LogP contribution in [0.5, 0.6) is 5.75 Å². The third-order valence-electron chi connectivity index (χ3n) is 7.20. The van der Waals surface area contributed by atoms with Crippen LogP contribution in [0.3, 0.4) is 0 Å². The molecule has 0 aliphatic carbocycles. The van der Waals surface area contributed by atoms with E-state index in [1.807, 2.05) is 0 Å². The standard InChI is InChI=1S/C31H26FN9O15S4/c32-29-35-30(33-18-7-4-8-20(13-18)58(46,47)12-11-54-60(51,52)53)37-31(36-29)34-24-15-21(59(48,49)50)16-25(26(24)42)39-41-27(17-5-2-1-3-6-17)40-38-23-14-19(57-56-55-45)9-10-22(23)28(43)44/h1-10,13-16,38,42,45H,11-12H2,(H,43,44)(H,48,49,50)(H,51,52,53)(H2,33,34,35,36,37)/b40-27-,41-39?. The second kappa shape index (κ2) is 19.2. The summed E-state index contributed by atoms with van der Waals surface area (Å²) in [5.41, 5.74) is 1.24. The van der Waals surface area contributed by atoms with Gasteiger partial charge in [-0.2, -0.15) is 41.3 Å². The number of rotatable bonds is 18. The van der Waals surface area contributed by atoms with Crippen molar-refractivity contribution in [1.82, 2.24) is 15.0 Å². The summed E-state index contributed by atoms with van der Waals surface area (Å²) in [6, 6.07) is 17.9. The highest BCUT2D eigenvalue weighted by Gasteiger charge is 2.21. The molecule has 0 atom stereocenters. The van der Waals surface area contributed by atoms with Gasteiger partial charge in [0.15, 0.2) is 15.6 Å². The molecule has 0 bridgehead atoms. The molecule has 4 aromatic carbocycles. The number of aromatic nitrogens is 3. The molecule has 5 aromatic rings. The summed E-state index contributed by atoms with van der Waals surface area (Å²) >= 11 is 0.526. The van der Waals surface area contributed by atoms with Gasteiger partial charge in [0, 0.05) is 16.1 Å². The summed E-state index contributed by atoms with van der Waals surface area (Å²) in [7, 11) is -14.1. The van der Waals surface area contributed by atoms with Crippen molar-refractivity contribution in [2.45, 2.75) is 14.7 Å². The molecule has 0 spiro atoms. The van der Waals surface area contributed by atoms with Gasteiger partial charge in [0.05, 0.1) is 51.1 Å². The molecule has 0 aliphatic rings. The van der Waals surface area contributed by atoms with Crippen LogP contribution >= 0.6 is 12.0 Å². The average Bonchev–Trinajstić information content (AvgIpc) is 3.17. The van der Waals surface area contributed by atoms with Gasteiger partial charge in [-0.3, -0.25) is 14.5 Å². The summed E-state index contributed by atoms with van der Waals surface area (Å²) in [6.45, 7) is -0.898. The lowest BCUT2D eigenvalue weighted by atomic mass is 10.2. The first-order valence-electron chi connectivity index (χ1n) is 15.9. The van der Waals surface area contributed by atoms with E-state index < -0.39 is 88.7 Å². The van der Waals surface area contributed by atoms with E-state index in [0.29, 0.717) is 12.0 Å². The quantitative estimate of drug-likeness (QED) is 0.00860. The van der Waals surface area contributed by atoms with Crippen molar-refractivity contribution in [2.24, 2.45) is 15.3 Å². The molecule has 1 aromatic heterocycles. The predicted octanol–water partition coefficient (Wildman–Crippen LogP) is 4.73. The van der Waals surface area contributed by atoms with Crippen molar-refractivity contribution in [2.75, 3.05) is 28.4 Å². The molecule has 0 saturated carbocycles. The van der Waals surface area contributed by atoms with E-state index in [1.54, 1.807) is 18.2 Å². The van der Waals surface area contributed by atoms with Gasteiger partial charge >= 0.3 is 22.4 Å². The summed E-state index contributed by atoms with van der Waals surface area (Å²) in [5.74, 6) is -4.52. The Hall–Kier alpha value is -6.28. The molecule has 0 fully saturated rings. The molecule has 316 valence electrons. The van der Waals surface area contributed by atoms with Crippen LogP contribution in [0.1, 0.15) is 15.9 Å². The average molecular weight is 912 g/mol. The summed E-state index contributed by atoms with van der Waals surface area (Å²) < 4.78 is 113. The third kappa shape index (κ3) is 12.6. The topological polar surface area (TPSA) is 360 Å². The van der Waals surface area contributed by atoms with Crippen molar-refractivity contribution in [3.8, 4) is 5.75 Å². The second-order valence-corrected chi connectivity index (χ2v) is 16.7. The number of carbonyl (C=O) groups is 1. The number of phenols is 1. The van der Waals surface area contributed by atoms with Crippen LogP contribution in [0, 0.1) is 6.08 Å². The molecule has 24 nitrogen and oxygen atoms in total. The highest BCUT2D eigenvalue weighted by molar-refractivity contribution is 7.94. The molecular weight excluding hydrogens is 886 g/mol. The highest BCUT2D eigenvalue weighted by Crippen LogP contribution is 2.39. The Morgan fingerprint density at radius 3 is 2.22 bits per heavy atom. The first-order valence-corrected chi connectivity index (χ1v) is 21.1. The summed E-state index contributed by atoms with van der Waals surface area (Å²) in [6.07, 6.45) is -1.42. The van der Waals surface area contributed by atoms with Crippen LogP contribution in [0.15, 0.2) is 115 Å². The minimum absolute atomic E-state index is 0.0243. The van der Waals surface area contributed by atoms with Gasteiger partial charge in [0.1, 0.15) is 5.69 Å². The molecule has 1 heterocycles. The van der Waals surface area contributed by atoms with Gasteiger partial charge < -0.3 is 20.8 Å². The number of sulfone groups is 1. The van der Waals surface area contributed by atoms with Crippen molar-refractivity contribution < 1.29 is 72.6 Å². The monoisotopic (exact) mass is 911 g/mol. The van der Waals surface area contributed by atoms with Crippen LogP contribution in [-0.4, -0.2) is 88.9 Å². The summed E-state index contributed by atoms with van der Waals surface area (Å²) in [4.78, 5) is 21.8. The molecule has 0 aliphatic heterocycles. The number of hydrazone groups is 1.